The van der Waals surface area contributed by atoms with Gasteiger partial charge < -0.3 is 20.1 Å². The summed E-state index contributed by atoms with van der Waals surface area (Å²) in [4.78, 5) is 40.4. The van der Waals surface area contributed by atoms with Gasteiger partial charge in [0.25, 0.3) is 11.5 Å². The minimum absolute atomic E-state index is 0.0257. The van der Waals surface area contributed by atoms with E-state index in [2.05, 4.69) is 30.5 Å². The van der Waals surface area contributed by atoms with Crippen LogP contribution in [0.2, 0.25) is 0 Å². The van der Waals surface area contributed by atoms with Crippen molar-refractivity contribution in [1.82, 2.24) is 29.7 Å². The molecule has 0 aliphatic heterocycles. The first-order chi connectivity index (χ1) is 20.4. The topological polar surface area (TPSA) is 105 Å². The molecule has 5 rings (SSSR count). The van der Waals surface area contributed by atoms with E-state index >= 15 is 4.39 Å². The standard InChI is InChI=1S/C32H30FN7O2/c1-39(2)20-22-9-12-25(13-10-22)37-32-36-19-27-28(38-32)14-11-24(29(27)33)7-4-16-35-30(41)26-8-5-17-40(31(26)42)21-23-6-3-15-34-18-23/h3-15,17-19H,16,20-21H2,1-2H3,(H,35,41)(H,36,37,38). The van der Waals surface area contributed by atoms with Gasteiger partial charge in [0, 0.05) is 49.1 Å². The van der Waals surface area contributed by atoms with Crippen molar-refractivity contribution in [3.05, 3.63) is 130 Å². The Bertz CT molecular complexity index is 1790. The molecule has 10 heteroatoms. The molecular weight excluding hydrogens is 533 g/mol. The van der Waals surface area contributed by atoms with E-state index in [1.165, 1.54) is 22.4 Å². The second-order valence-electron chi connectivity index (χ2n) is 9.98. The fraction of sp³-hybridized carbons (Fsp3) is 0.156. The maximum absolute atomic E-state index is 15.2. The minimum atomic E-state index is -0.509. The number of anilines is 2. The summed E-state index contributed by atoms with van der Waals surface area (Å²) in [6.45, 7) is 1.26. The zero-order valence-electron chi connectivity index (χ0n) is 23.3. The Hall–Kier alpha value is -5.22. The van der Waals surface area contributed by atoms with Gasteiger partial charge in [-0.25, -0.2) is 14.4 Å². The zero-order valence-corrected chi connectivity index (χ0v) is 23.3. The first-order valence-electron chi connectivity index (χ1n) is 13.4. The summed E-state index contributed by atoms with van der Waals surface area (Å²) >= 11 is 0. The third-order valence-electron chi connectivity index (χ3n) is 6.46. The number of aromatic nitrogens is 4. The second-order valence-corrected chi connectivity index (χ2v) is 9.98. The lowest BCUT2D eigenvalue weighted by Gasteiger charge is -2.11. The Kier molecular flexibility index (Phi) is 8.74. The molecule has 5 aromatic rings. The number of pyridine rings is 2. The van der Waals surface area contributed by atoms with E-state index in [4.69, 9.17) is 0 Å². The number of fused-ring (bicyclic) bond motifs is 1. The highest BCUT2D eigenvalue weighted by molar-refractivity contribution is 5.94. The SMILES string of the molecule is CN(C)Cc1ccc(Nc2ncc3c(F)c(C=CCNC(=O)c4cccn(Cc5cccnc5)c4=O)ccc3n2)cc1. The number of benzene rings is 2. The molecule has 0 saturated carbocycles. The van der Waals surface area contributed by atoms with Gasteiger partial charge in [-0.3, -0.25) is 14.6 Å². The lowest BCUT2D eigenvalue weighted by Crippen LogP contribution is -2.33. The minimum Gasteiger partial charge on any atom is -0.348 e. The Labute approximate surface area is 242 Å². The largest absolute Gasteiger partial charge is 0.348 e. The summed E-state index contributed by atoms with van der Waals surface area (Å²) < 4.78 is 16.7. The first-order valence-corrected chi connectivity index (χ1v) is 13.4. The molecule has 212 valence electrons. The summed E-state index contributed by atoms with van der Waals surface area (Å²) in [5.41, 5.74) is 3.29. The van der Waals surface area contributed by atoms with Crippen molar-refractivity contribution in [3.8, 4) is 0 Å². The molecule has 0 fully saturated rings. The van der Waals surface area contributed by atoms with Crippen LogP contribution < -0.4 is 16.2 Å². The van der Waals surface area contributed by atoms with E-state index in [9.17, 15) is 9.59 Å². The highest BCUT2D eigenvalue weighted by atomic mass is 19.1. The van der Waals surface area contributed by atoms with Crippen molar-refractivity contribution in [2.75, 3.05) is 26.0 Å². The molecule has 0 radical (unpaired) electrons. The number of hydrogen-bond donors (Lipinski definition) is 2. The number of carbonyl (C=O) groups is 1. The Balaban J connectivity index is 1.21. The fourth-order valence-electron chi connectivity index (χ4n) is 4.42. The lowest BCUT2D eigenvalue weighted by atomic mass is 10.1. The molecule has 1 amide bonds. The molecule has 3 heterocycles. The number of nitrogens with zero attached hydrogens (tertiary/aromatic N) is 5. The van der Waals surface area contributed by atoms with E-state index < -0.39 is 17.3 Å². The normalized spacial score (nSPS) is 11.3. The van der Waals surface area contributed by atoms with Crippen molar-refractivity contribution in [2.24, 2.45) is 0 Å². The number of nitrogens with one attached hydrogen (secondary N) is 2. The molecular formula is C32H30FN7O2. The average Bonchev–Trinajstić information content (AvgIpc) is 2.98. The quantitative estimate of drug-likeness (QED) is 0.255. The van der Waals surface area contributed by atoms with Crippen LogP contribution in [0.1, 0.15) is 27.0 Å². The highest BCUT2D eigenvalue weighted by Crippen LogP contribution is 2.22. The summed E-state index contributed by atoms with van der Waals surface area (Å²) in [5, 5.41) is 6.13. The van der Waals surface area contributed by atoms with Gasteiger partial charge in [0.15, 0.2) is 0 Å². The molecule has 0 unspecified atom stereocenters. The molecule has 2 aromatic carbocycles. The smallest absolute Gasteiger partial charge is 0.263 e. The van der Waals surface area contributed by atoms with Gasteiger partial charge in [0.2, 0.25) is 5.95 Å². The monoisotopic (exact) mass is 563 g/mol. The van der Waals surface area contributed by atoms with Crippen molar-refractivity contribution >= 4 is 34.5 Å². The van der Waals surface area contributed by atoms with Crippen molar-refractivity contribution in [1.29, 1.82) is 0 Å². The number of carbonyl (C=O) groups excluding carboxylic acids is 1. The summed E-state index contributed by atoms with van der Waals surface area (Å²) in [5.74, 6) is -0.602. The molecule has 0 bridgehead atoms. The molecule has 3 aromatic heterocycles. The number of amides is 1. The lowest BCUT2D eigenvalue weighted by molar-refractivity contribution is 0.0956. The van der Waals surface area contributed by atoms with Gasteiger partial charge in [-0.05, 0) is 67.7 Å². The molecule has 0 aliphatic rings. The number of hydrogen-bond acceptors (Lipinski definition) is 7. The molecule has 9 nitrogen and oxygen atoms in total. The second kappa shape index (κ2) is 13.0. The van der Waals surface area contributed by atoms with Crippen LogP contribution in [0, 0.1) is 5.82 Å². The fourth-order valence-corrected chi connectivity index (χ4v) is 4.42. The van der Waals surface area contributed by atoms with Crippen LogP contribution >= 0.6 is 0 Å². The van der Waals surface area contributed by atoms with Crippen molar-refractivity contribution < 1.29 is 9.18 Å². The maximum atomic E-state index is 15.2. The average molecular weight is 564 g/mol. The van der Waals surface area contributed by atoms with Crippen LogP contribution in [0.3, 0.4) is 0 Å². The first kappa shape index (κ1) is 28.3. The summed E-state index contributed by atoms with van der Waals surface area (Å²) in [6, 6.07) is 18.1. The van der Waals surface area contributed by atoms with Gasteiger partial charge in [0.05, 0.1) is 17.4 Å². The van der Waals surface area contributed by atoms with Crippen LogP contribution in [0.5, 0.6) is 0 Å². The van der Waals surface area contributed by atoms with Gasteiger partial charge in [-0.15, -0.1) is 0 Å². The molecule has 0 spiro atoms. The number of rotatable bonds is 10. The van der Waals surface area contributed by atoms with E-state index in [1.807, 2.05) is 44.4 Å². The molecule has 42 heavy (non-hydrogen) atoms. The summed E-state index contributed by atoms with van der Waals surface area (Å²) in [6.07, 6.45) is 9.60. The van der Waals surface area contributed by atoms with Gasteiger partial charge >= 0.3 is 0 Å². The van der Waals surface area contributed by atoms with Gasteiger partial charge in [-0.1, -0.05) is 30.4 Å². The molecule has 0 saturated heterocycles. The third kappa shape index (κ3) is 6.91. The zero-order chi connectivity index (χ0) is 29.5. The van der Waals surface area contributed by atoms with Crippen molar-refractivity contribution in [2.45, 2.75) is 13.1 Å². The van der Waals surface area contributed by atoms with Crippen LogP contribution in [0.4, 0.5) is 16.0 Å². The number of halogens is 1. The Morgan fingerprint density at radius 1 is 1.02 bits per heavy atom. The summed E-state index contributed by atoms with van der Waals surface area (Å²) in [7, 11) is 4.04. The predicted molar refractivity (Wildman–Crippen MR) is 162 cm³/mol. The van der Waals surface area contributed by atoms with Crippen LogP contribution in [-0.4, -0.2) is 51.0 Å². The predicted octanol–water partition coefficient (Wildman–Crippen LogP) is 4.62. The third-order valence-corrected chi connectivity index (χ3v) is 6.46. The molecule has 0 atom stereocenters. The van der Waals surface area contributed by atoms with E-state index in [0.29, 0.717) is 23.6 Å². The molecule has 0 aliphatic carbocycles. The van der Waals surface area contributed by atoms with E-state index in [-0.39, 0.29) is 17.5 Å². The van der Waals surface area contributed by atoms with Crippen LogP contribution in [-0.2, 0) is 13.1 Å². The van der Waals surface area contributed by atoms with Crippen LogP contribution in [0.25, 0.3) is 17.0 Å². The Morgan fingerprint density at radius 3 is 2.62 bits per heavy atom. The Morgan fingerprint density at radius 2 is 1.86 bits per heavy atom. The van der Waals surface area contributed by atoms with Gasteiger partial charge in [0.1, 0.15) is 11.4 Å². The highest BCUT2D eigenvalue weighted by Gasteiger charge is 2.12. The molecule has 2 N–H and O–H groups in total. The van der Waals surface area contributed by atoms with E-state index in [0.717, 1.165) is 17.8 Å². The maximum Gasteiger partial charge on any atom is 0.263 e. The van der Waals surface area contributed by atoms with Crippen molar-refractivity contribution in [3.63, 3.8) is 0 Å². The van der Waals surface area contributed by atoms with Crippen LogP contribution in [0.15, 0.2) is 96.3 Å². The van der Waals surface area contributed by atoms with E-state index in [1.54, 1.807) is 55.0 Å². The van der Waals surface area contributed by atoms with Gasteiger partial charge in [-0.2, -0.15) is 0 Å².